The van der Waals surface area contributed by atoms with Crippen LogP contribution in [0.2, 0.25) is 0 Å². The highest BCUT2D eigenvalue weighted by Gasteiger charge is 2.31. The minimum absolute atomic E-state index is 0.0451. The lowest BCUT2D eigenvalue weighted by Gasteiger charge is -2.17. The lowest BCUT2D eigenvalue weighted by Crippen LogP contribution is -2.31. The maximum atomic E-state index is 13.1. The first-order valence-electron chi connectivity index (χ1n) is 11.6. The molecule has 0 aliphatic carbocycles. The Bertz CT molecular complexity index is 1400. The summed E-state index contributed by atoms with van der Waals surface area (Å²) in [5.74, 6) is 1.26. The summed E-state index contributed by atoms with van der Waals surface area (Å²) in [5, 5.41) is 4.45. The van der Waals surface area contributed by atoms with Crippen LogP contribution in [0, 0.1) is 20.8 Å². The summed E-state index contributed by atoms with van der Waals surface area (Å²) in [4.78, 5) is 28.6. The van der Waals surface area contributed by atoms with Gasteiger partial charge in [0.1, 0.15) is 18.3 Å². The molecule has 1 unspecified atom stereocenters. The van der Waals surface area contributed by atoms with Gasteiger partial charge in [0, 0.05) is 50.7 Å². The second-order valence-corrected chi connectivity index (χ2v) is 8.93. The normalized spacial score (nSPS) is 16.1. The number of aromatic nitrogens is 7. The zero-order chi connectivity index (χ0) is 24.1. The molecule has 34 heavy (non-hydrogen) atoms. The number of fused-ring (bicyclic) bond motifs is 1. The van der Waals surface area contributed by atoms with E-state index in [0.29, 0.717) is 30.1 Å². The van der Waals surface area contributed by atoms with E-state index >= 15 is 0 Å². The van der Waals surface area contributed by atoms with Crippen LogP contribution in [0.1, 0.15) is 40.8 Å². The summed E-state index contributed by atoms with van der Waals surface area (Å²) in [7, 11) is 3.91. The summed E-state index contributed by atoms with van der Waals surface area (Å²) in [6.45, 7) is 10.0. The van der Waals surface area contributed by atoms with Gasteiger partial charge in [0.05, 0.1) is 23.9 Å². The zero-order valence-electron chi connectivity index (χ0n) is 20.5. The highest BCUT2D eigenvalue weighted by Crippen LogP contribution is 2.30. The van der Waals surface area contributed by atoms with Crippen molar-refractivity contribution in [2.45, 2.75) is 46.8 Å². The van der Waals surface area contributed by atoms with E-state index in [-0.39, 0.29) is 12.0 Å². The molecule has 1 saturated heterocycles. The highest BCUT2D eigenvalue weighted by molar-refractivity contribution is 5.96. The molecule has 0 saturated carbocycles. The van der Waals surface area contributed by atoms with Crippen molar-refractivity contribution in [3.8, 4) is 17.3 Å². The van der Waals surface area contributed by atoms with Crippen LogP contribution in [-0.4, -0.2) is 63.9 Å². The molecule has 0 aromatic carbocycles. The Labute approximate surface area is 198 Å². The second-order valence-electron chi connectivity index (χ2n) is 8.93. The van der Waals surface area contributed by atoms with Crippen LogP contribution < -0.4 is 4.74 Å². The average molecular weight is 463 g/mol. The Hall–Kier alpha value is -3.69. The molecule has 1 amide bonds. The third-order valence-electron chi connectivity index (χ3n) is 6.98. The van der Waals surface area contributed by atoms with Crippen LogP contribution in [0.5, 0.6) is 5.88 Å². The predicted octanol–water partition coefficient (Wildman–Crippen LogP) is 2.80. The topological polar surface area (TPSA) is 95.9 Å². The van der Waals surface area contributed by atoms with Crippen molar-refractivity contribution in [2.24, 2.45) is 14.1 Å². The summed E-state index contributed by atoms with van der Waals surface area (Å²) >= 11 is 0. The fourth-order valence-electron chi connectivity index (χ4n) is 4.70. The average Bonchev–Trinajstić information content (AvgIpc) is 3.58. The van der Waals surface area contributed by atoms with Gasteiger partial charge < -0.3 is 18.8 Å². The van der Waals surface area contributed by atoms with Gasteiger partial charge in [0.2, 0.25) is 5.88 Å². The smallest absolute Gasteiger partial charge is 0.255 e. The number of likely N-dealkylation sites (tertiary alicyclic amines) is 1. The maximum absolute atomic E-state index is 13.1. The standard InChI is InChI=1S/C24H30N8O2/c1-7-32-16(4)19(11-27-32)21-28-20-22(30(21)6)25-13-26-23(20)34-17-8-9-31(12-17)24(33)18-10-14(2)29(5)15(18)3/h10-11,13,17H,7-9,12H2,1-6H3. The molecule has 1 aliphatic heterocycles. The molecule has 10 nitrogen and oxygen atoms in total. The number of hydrogen-bond acceptors (Lipinski definition) is 6. The monoisotopic (exact) mass is 462 g/mol. The minimum Gasteiger partial charge on any atom is -0.471 e. The van der Waals surface area contributed by atoms with Crippen molar-refractivity contribution in [2.75, 3.05) is 13.1 Å². The number of amides is 1. The minimum atomic E-state index is -0.151. The van der Waals surface area contributed by atoms with Gasteiger partial charge >= 0.3 is 0 Å². The molecule has 5 rings (SSSR count). The third kappa shape index (κ3) is 3.44. The predicted molar refractivity (Wildman–Crippen MR) is 128 cm³/mol. The van der Waals surface area contributed by atoms with E-state index in [1.165, 1.54) is 6.33 Å². The first kappa shape index (κ1) is 22.1. The molecule has 10 heteroatoms. The van der Waals surface area contributed by atoms with E-state index in [0.717, 1.165) is 47.0 Å². The van der Waals surface area contributed by atoms with E-state index < -0.39 is 0 Å². The van der Waals surface area contributed by atoms with Crippen molar-refractivity contribution in [1.29, 1.82) is 0 Å². The summed E-state index contributed by atoms with van der Waals surface area (Å²) in [6.07, 6.45) is 3.92. The van der Waals surface area contributed by atoms with Crippen LogP contribution in [-0.2, 0) is 20.6 Å². The lowest BCUT2D eigenvalue weighted by molar-refractivity contribution is 0.0770. The molecule has 0 radical (unpaired) electrons. The van der Waals surface area contributed by atoms with Crippen molar-refractivity contribution in [3.63, 3.8) is 0 Å². The molecule has 0 spiro atoms. The van der Waals surface area contributed by atoms with Gasteiger partial charge in [-0.3, -0.25) is 9.48 Å². The van der Waals surface area contributed by atoms with Gasteiger partial charge in [-0.15, -0.1) is 0 Å². The lowest BCUT2D eigenvalue weighted by atomic mass is 10.2. The Morgan fingerprint density at radius 3 is 2.62 bits per heavy atom. The largest absolute Gasteiger partial charge is 0.471 e. The summed E-state index contributed by atoms with van der Waals surface area (Å²) in [6, 6.07) is 1.96. The van der Waals surface area contributed by atoms with Crippen LogP contribution in [0.15, 0.2) is 18.6 Å². The third-order valence-corrected chi connectivity index (χ3v) is 6.98. The van der Waals surface area contributed by atoms with Crippen LogP contribution in [0.3, 0.4) is 0 Å². The molecule has 4 aromatic heterocycles. The number of carbonyl (C=O) groups is 1. The Balaban J connectivity index is 1.39. The number of hydrogen-bond donors (Lipinski definition) is 0. The Morgan fingerprint density at radius 1 is 1.15 bits per heavy atom. The molecule has 0 N–H and O–H groups in total. The Morgan fingerprint density at radius 2 is 1.94 bits per heavy atom. The number of carbonyl (C=O) groups excluding carboxylic acids is 1. The van der Waals surface area contributed by atoms with Crippen molar-refractivity contribution in [1.82, 2.24) is 38.8 Å². The van der Waals surface area contributed by atoms with E-state index in [9.17, 15) is 4.79 Å². The van der Waals surface area contributed by atoms with Crippen LogP contribution >= 0.6 is 0 Å². The van der Waals surface area contributed by atoms with Gasteiger partial charge in [-0.1, -0.05) is 0 Å². The van der Waals surface area contributed by atoms with Gasteiger partial charge in [0.25, 0.3) is 5.91 Å². The number of ether oxygens (including phenoxy) is 1. The molecule has 1 fully saturated rings. The Kier molecular flexibility index (Phi) is 5.38. The molecular weight excluding hydrogens is 432 g/mol. The van der Waals surface area contributed by atoms with Gasteiger partial charge in [0.15, 0.2) is 11.2 Å². The van der Waals surface area contributed by atoms with Gasteiger partial charge in [-0.05, 0) is 33.8 Å². The number of aryl methyl sites for hydroxylation is 3. The van der Waals surface area contributed by atoms with E-state index in [1.54, 1.807) is 0 Å². The maximum Gasteiger partial charge on any atom is 0.255 e. The highest BCUT2D eigenvalue weighted by atomic mass is 16.5. The molecule has 5 heterocycles. The molecule has 4 aromatic rings. The SMILES string of the molecule is CCn1ncc(-c2nc3c(OC4CCN(C(=O)c5cc(C)n(C)c5C)C4)ncnc3n2C)c1C. The van der Waals surface area contributed by atoms with Gasteiger partial charge in [-0.2, -0.15) is 10.1 Å². The van der Waals surface area contributed by atoms with Crippen LogP contribution in [0.25, 0.3) is 22.6 Å². The van der Waals surface area contributed by atoms with Crippen molar-refractivity contribution >= 4 is 17.1 Å². The summed E-state index contributed by atoms with van der Waals surface area (Å²) < 4.78 is 12.2. The fourth-order valence-corrected chi connectivity index (χ4v) is 4.70. The quantitative estimate of drug-likeness (QED) is 0.453. The number of imidazole rings is 1. The van der Waals surface area contributed by atoms with E-state index in [4.69, 9.17) is 9.72 Å². The van der Waals surface area contributed by atoms with Crippen LogP contribution in [0.4, 0.5) is 0 Å². The zero-order valence-corrected chi connectivity index (χ0v) is 20.5. The first-order chi connectivity index (χ1) is 16.3. The summed E-state index contributed by atoms with van der Waals surface area (Å²) in [5.41, 5.74) is 6.12. The number of rotatable bonds is 5. The molecule has 0 bridgehead atoms. The first-order valence-corrected chi connectivity index (χ1v) is 11.6. The van der Waals surface area contributed by atoms with E-state index in [1.807, 2.05) is 65.8 Å². The second kappa shape index (κ2) is 8.27. The molecule has 1 aliphatic rings. The molecular formula is C24H30N8O2. The number of nitrogens with zero attached hydrogens (tertiary/aromatic N) is 8. The molecule has 1 atom stereocenters. The van der Waals surface area contributed by atoms with Crippen molar-refractivity contribution in [3.05, 3.63) is 41.2 Å². The van der Waals surface area contributed by atoms with E-state index in [2.05, 4.69) is 22.0 Å². The fraction of sp³-hybridized carbons (Fsp3) is 0.458. The van der Waals surface area contributed by atoms with Crippen molar-refractivity contribution < 1.29 is 9.53 Å². The molecule has 178 valence electrons. The van der Waals surface area contributed by atoms with Gasteiger partial charge in [-0.25, -0.2) is 9.97 Å².